The summed E-state index contributed by atoms with van der Waals surface area (Å²) in [5.74, 6) is 0.823. The molecule has 6 rings (SSSR count). The van der Waals surface area contributed by atoms with Crippen molar-refractivity contribution in [1.82, 2.24) is 30.6 Å². The van der Waals surface area contributed by atoms with Gasteiger partial charge in [0.15, 0.2) is 0 Å². The van der Waals surface area contributed by atoms with Crippen molar-refractivity contribution in [2.75, 3.05) is 24.5 Å². The molecular weight excluding hydrogens is 498 g/mol. The second-order valence-electron chi connectivity index (χ2n) is 9.45. The van der Waals surface area contributed by atoms with Crippen LogP contribution in [0.15, 0.2) is 65.8 Å². The van der Waals surface area contributed by atoms with Gasteiger partial charge in [-0.15, -0.1) is 0 Å². The lowest BCUT2D eigenvalue weighted by Gasteiger charge is -2.32. The fraction of sp³-hybridized carbons (Fsp3) is 0.250. The molecule has 10 heteroatoms. The maximum atomic E-state index is 11.8. The molecule has 5 heterocycles. The summed E-state index contributed by atoms with van der Waals surface area (Å²) in [5, 5.41) is 7.92. The first kappa shape index (κ1) is 24.3. The van der Waals surface area contributed by atoms with Crippen molar-refractivity contribution in [2.45, 2.75) is 19.4 Å². The number of thioether (sulfide) groups is 1. The fourth-order valence-electron chi connectivity index (χ4n) is 4.92. The molecule has 192 valence electrons. The van der Waals surface area contributed by atoms with Gasteiger partial charge in [0.05, 0.1) is 27.7 Å². The van der Waals surface area contributed by atoms with Gasteiger partial charge in [-0.3, -0.25) is 14.9 Å². The highest BCUT2D eigenvalue weighted by molar-refractivity contribution is 8.18. The number of H-pyrrole nitrogens is 1. The number of hydrogen-bond donors (Lipinski definition) is 3. The number of nitrogens with one attached hydrogen (secondary N) is 3. The minimum Gasteiger partial charge on any atom is -0.360 e. The summed E-state index contributed by atoms with van der Waals surface area (Å²) in [7, 11) is 0. The SMILES string of the molecule is O=C1NC(=O)/C(=C\c2ccnc(N3CCC(CNCc4nc(-c5ccc[nH]5)cc5ccccc45)CC3)n2)S1. The third-order valence-corrected chi connectivity index (χ3v) is 7.71. The predicted octanol–water partition coefficient (Wildman–Crippen LogP) is 4.35. The quantitative estimate of drug-likeness (QED) is 0.305. The van der Waals surface area contributed by atoms with E-state index < -0.39 is 0 Å². The summed E-state index contributed by atoms with van der Waals surface area (Å²) in [6, 6.07) is 16.3. The highest BCUT2D eigenvalue weighted by atomic mass is 32.2. The molecule has 0 bridgehead atoms. The molecule has 2 amide bonds. The van der Waals surface area contributed by atoms with Crippen molar-refractivity contribution in [3.63, 3.8) is 0 Å². The average Bonchev–Trinajstić information content (AvgIpc) is 3.59. The Bertz CT molecular complexity index is 1510. The molecule has 0 aliphatic carbocycles. The van der Waals surface area contributed by atoms with Crippen molar-refractivity contribution >= 4 is 45.7 Å². The van der Waals surface area contributed by atoms with Crippen LogP contribution >= 0.6 is 11.8 Å². The van der Waals surface area contributed by atoms with E-state index in [0.717, 1.165) is 61.3 Å². The maximum absolute atomic E-state index is 11.8. The highest BCUT2D eigenvalue weighted by Gasteiger charge is 2.26. The maximum Gasteiger partial charge on any atom is 0.290 e. The first-order chi connectivity index (χ1) is 18.6. The standard InChI is InChI=1S/C28H27N7O2S/c36-26-25(38-28(37)34-26)15-20-7-11-31-27(32-20)35-12-8-18(9-13-35)16-29-17-24-21-5-2-1-4-19(21)14-23(33-24)22-6-3-10-30-22/h1-7,10-11,14-15,18,29-30H,8-9,12-13,16-17H2,(H,34,36,37)/b25-15+. The molecule has 9 nitrogen and oxygen atoms in total. The van der Waals surface area contributed by atoms with Crippen LogP contribution in [-0.2, 0) is 11.3 Å². The summed E-state index contributed by atoms with van der Waals surface area (Å²) < 4.78 is 0. The van der Waals surface area contributed by atoms with E-state index in [1.807, 2.05) is 18.3 Å². The van der Waals surface area contributed by atoms with Crippen molar-refractivity contribution in [1.29, 1.82) is 0 Å². The fourth-order valence-corrected chi connectivity index (χ4v) is 5.58. The molecule has 38 heavy (non-hydrogen) atoms. The van der Waals surface area contributed by atoms with Crippen LogP contribution in [0.25, 0.3) is 28.2 Å². The van der Waals surface area contributed by atoms with Gasteiger partial charge < -0.3 is 15.2 Å². The first-order valence-corrected chi connectivity index (χ1v) is 13.5. The van der Waals surface area contributed by atoms with Crippen LogP contribution in [0.3, 0.4) is 0 Å². The number of anilines is 1. The molecule has 0 spiro atoms. The third kappa shape index (κ3) is 5.32. The molecule has 0 atom stereocenters. The Morgan fingerprint density at radius 3 is 2.74 bits per heavy atom. The van der Waals surface area contributed by atoms with Gasteiger partial charge in [-0.25, -0.2) is 15.0 Å². The summed E-state index contributed by atoms with van der Waals surface area (Å²) in [5.41, 5.74) is 3.65. The van der Waals surface area contributed by atoms with E-state index in [9.17, 15) is 9.59 Å². The van der Waals surface area contributed by atoms with E-state index in [4.69, 9.17) is 4.98 Å². The van der Waals surface area contributed by atoms with E-state index >= 15 is 0 Å². The average molecular weight is 526 g/mol. The van der Waals surface area contributed by atoms with Gasteiger partial charge in [-0.1, -0.05) is 24.3 Å². The van der Waals surface area contributed by atoms with Gasteiger partial charge in [-0.2, -0.15) is 0 Å². The second kappa shape index (κ2) is 10.8. The largest absolute Gasteiger partial charge is 0.360 e. The van der Waals surface area contributed by atoms with Gasteiger partial charge in [0, 0.05) is 37.4 Å². The van der Waals surface area contributed by atoms with Crippen LogP contribution in [0, 0.1) is 5.92 Å². The molecule has 0 unspecified atom stereocenters. The predicted molar refractivity (Wildman–Crippen MR) is 149 cm³/mol. The molecule has 2 fully saturated rings. The number of piperidine rings is 1. The molecule has 3 aromatic heterocycles. The molecule has 1 aromatic carbocycles. The Morgan fingerprint density at radius 2 is 1.95 bits per heavy atom. The van der Waals surface area contributed by atoms with Crippen molar-refractivity contribution in [3.8, 4) is 11.4 Å². The number of pyridine rings is 1. The number of benzene rings is 1. The van der Waals surface area contributed by atoms with E-state index in [0.29, 0.717) is 29.0 Å². The van der Waals surface area contributed by atoms with Crippen molar-refractivity contribution in [2.24, 2.45) is 5.92 Å². The van der Waals surface area contributed by atoms with Crippen LogP contribution in [0.4, 0.5) is 10.7 Å². The zero-order chi connectivity index (χ0) is 25.9. The number of amides is 2. The Morgan fingerprint density at radius 1 is 1.08 bits per heavy atom. The molecule has 2 saturated heterocycles. The molecule has 0 radical (unpaired) electrons. The molecule has 2 aliphatic heterocycles. The summed E-state index contributed by atoms with van der Waals surface area (Å²) in [6.45, 7) is 3.36. The number of aromatic amines is 1. The molecule has 3 N–H and O–H groups in total. The van der Waals surface area contributed by atoms with E-state index in [-0.39, 0.29) is 11.1 Å². The van der Waals surface area contributed by atoms with Crippen LogP contribution < -0.4 is 15.5 Å². The summed E-state index contributed by atoms with van der Waals surface area (Å²) in [6.07, 6.45) is 7.32. The number of fused-ring (bicyclic) bond motifs is 1. The minimum absolute atomic E-state index is 0.352. The zero-order valence-electron chi connectivity index (χ0n) is 20.7. The van der Waals surface area contributed by atoms with Gasteiger partial charge in [0.1, 0.15) is 0 Å². The highest BCUT2D eigenvalue weighted by Crippen LogP contribution is 2.27. The van der Waals surface area contributed by atoms with E-state index in [1.54, 1.807) is 18.3 Å². The summed E-state index contributed by atoms with van der Waals surface area (Å²) >= 11 is 0.891. The number of aromatic nitrogens is 4. The van der Waals surface area contributed by atoms with Crippen LogP contribution in [0.1, 0.15) is 24.2 Å². The summed E-state index contributed by atoms with van der Waals surface area (Å²) in [4.78, 5) is 43.1. The molecule has 0 saturated carbocycles. The van der Waals surface area contributed by atoms with Crippen molar-refractivity contribution < 1.29 is 9.59 Å². The Hall–Kier alpha value is -4.02. The number of carbonyl (C=O) groups is 2. The lowest BCUT2D eigenvalue weighted by molar-refractivity contribution is -0.115. The second-order valence-corrected chi connectivity index (χ2v) is 10.5. The minimum atomic E-state index is -0.382. The van der Waals surface area contributed by atoms with E-state index in [1.165, 1.54) is 10.8 Å². The number of carbonyl (C=O) groups excluding carboxylic acids is 2. The third-order valence-electron chi connectivity index (χ3n) is 6.90. The van der Waals surface area contributed by atoms with Gasteiger partial charge in [0.25, 0.3) is 11.1 Å². The molecule has 4 aromatic rings. The van der Waals surface area contributed by atoms with E-state index in [2.05, 4.69) is 60.8 Å². The van der Waals surface area contributed by atoms with Crippen LogP contribution in [0.5, 0.6) is 0 Å². The number of nitrogens with zero attached hydrogens (tertiary/aromatic N) is 4. The smallest absolute Gasteiger partial charge is 0.290 e. The Labute approximate surface area is 224 Å². The van der Waals surface area contributed by atoms with Gasteiger partial charge in [-0.05, 0) is 72.8 Å². The van der Waals surface area contributed by atoms with Gasteiger partial charge in [0.2, 0.25) is 5.95 Å². The van der Waals surface area contributed by atoms with Gasteiger partial charge >= 0.3 is 0 Å². The number of imide groups is 1. The van der Waals surface area contributed by atoms with Crippen LogP contribution in [-0.4, -0.2) is 50.7 Å². The Kier molecular flexibility index (Phi) is 6.89. The number of rotatable bonds is 7. The first-order valence-electron chi connectivity index (χ1n) is 12.7. The molecular formula is C28H27N7O2S. The Balaban J connectivity index is 1.06. The zero-order valence-corrected chi connectivity index (χ0v) is 21.5. The lowest BCUT2D eigenvalue weighted by atomic mass is 9.97. The van der Waals surface area contributed by atoms with Crippen LogP contribution in [0.2, 0.25) is 0 Å². The number of hydrogen-bond acceptors (Lipinski definition) is 8. The molecule has 2 aliphatic rings. The lowest BCUT2D eigenvalue weighted by Crippen LogP contribution is -2.38. The topological polar surface area (TPSA) is 116 Å². The van der Waals surface area contributed by atoms with Crippen molar-refractivity contribution in [3.05, 3.63) is 77.2 Å². The monoisotopic (exact) mass is 525 g/mol. The normalized spacial score (nSPS) is 17.5.